The van der Waals surface area contributed by atoms with Gasteiger partial charge in [-0.15, -0.1) is 0 Å². The number of aromatic nitrogens is 2. The van der Waals surface area contributed by atoms with Gasteiger partial charge in [-0.05, 0) is 23.8 Å². The smallest absolute Gasteiger partial charge is 0.320 e. The van der Waals surface area contributed by atoms with Crippen molar-refractivity contribution in [3.63, 3.8) is 0 Å². The largest absolute Gasteiger partial charge is 0.325 e. The molecule has 25 heavy (non-hydrogen) atoms. The summed E-state index contributed by atoms with van der Waals surface area (Å²) in [5, 5.41) is 5.67. The Balaban J connectivity index is 1.81. The number of rotatable bonds is 4. The molecule has 0 spiro atoms. The number of urea groups is 1. The molecule has 1 aromatic carbocycles. The molecule has 0 radical (unpaired) electrons. The van der Waals surface area contributed by atoms with Crippen molar-refractivity contribution in [3.05, 3.63) is 94.7 Å². The number of carbonyl (C=O) groups excluding carboxylic acids is 1. The van der Waals surface area contributed by atoms with Gasteiger partial charge in [0.15, 0.2) is 0 Å². The Morgan fingerprint density at radius 3 is 2.48 bits per heavy atom. The van der Waals surface area contributed by atoms with Crippen LogP contribution >= 0.6 is 0 Å². The van der Waals surface area contributed by atoms with Gasteiger partial charge in [0.05, 0.1) is 17.4 Å². The summed E-state index contributed by atoms with van der Waals surface area (Å²) in [6, 6.07) is 17.4. The van der Waals surface area contributed by atoms with Gasteiger partial charge in [-0.2, -0.15) is 0 Å². The SMILES string of the molecule is Cn1cc(NC(=O)N[C@@H](c2ccccc2)c2ccccn2)ccc1=O. The summed E-state index contributed by atoms with van der Waals surface area (Å²) >= 11 is 0. The first kappa shape index (κ1) is 16.4. The highest BCUT2D eigenvalue weighted by Crippen LogP contribution is 2.20. The minimum atomic E-state index is -0.380. The van der Waals surface area contributed by atoms with Gasteiger partial charge in [0, 0.05) is 25.5 Å². The molecule has 0 aliphatic rings. The first-order valence-electron chi connectivity index (χ1n) is 7.83. The molecule has 126 valence electrons. The third-order valence-corrected chi connectivity index (χ3v) is 3.74. The van der Waals surface area contributed by atoms with E-state index >= 15 is 0 Å². The van der Waals surface area contributed by atoms with Crippen molar-refractivity contribution in [2.75, 3.05) is 5.32 Å². The fourth-order valence-corrected chi connectivity index (χ4v) is 2.49. The fourth-order valence-electron chi connectivity index (χ4n) is 2.49. The van der Waals surface area contributed by atoms with E-state index in [0.717, 1.165) is 11.3 Å². The van der Waals surface area contributed by atoms with Gasteiger partial charge in [0.25, 0.3) is 0 Å². The standard InChI is InChI=1S/C19H18N4O2/c1-23-13-15(10-11-17(23)24)21-19(25)22-18(14-7-3-2-4-8-14)16-9-5-6-12-20-16/h2-13,18H,1H3,(H2,21,22,25)/t18-/m0/s1. The van der Waals surface area contributed by atoms with Crippen molar-refractivity contribution >= 4 is 11.7 Å². The molecule has 0 aliphatic heterocycles. The highest BCUT2D eigenvalue weighted by molar-refractivity contribution is 5.89. The first-order valence-corrected chi connectivity index (χ1v) is 7.83. The second-order valence-electron chi connectivity index (χ2n) is 5.56. The van der Waals surface area contributed by atoms with Crippen LogP contribution in [-0.4, -0.2) is 15.6 Å². The maximum atomic E-state index is 12.4. The summed E-state index contributed by atoms with van der Waals surface area (Å²) in [6.07, 6.45) is 3.26. The highest BCUT2D eigenvalue weighted by atomic mass is 16.2. The molecule has 0 bridgehead atoms. The van der Waals surface area contributed by atoms with Crippen LogP contribution in [0.4, 0.5) is 10.5 Å². The number of amides is 2. The monoisotopic (exact) mass is 334 g/mol. The number of aryl methyl sites for hydroxylation is 1. The molecular formula is C19H18N4O2. The maximum Gasteiger partial charge on any atom is 0.320 e. The van der Waals surface area contributed by atoms with Crippen LogP contribution < -0.4 is 16.2 Å². The van der Waals surface area contributed by atoms with Gasteiger partial charge in [0.2, 0.25) is 5.56 Å². The number of nitrogens with one attached hydrogen (secondary N) is 2. The van der Waals surface area contributed by atoms with Crippen molar-refractivity contribution in [3.8, 4) is 0 Å². The minimum absolute atomic E-state index is 0.137. The summed E-state index contributed by atoms with van der Waals surface area (Å²) in [7, 11) is 1.63. The molecular weight excluding hydrogens is 316 g/mol. The van der Waals surface area contributed by atoms with Gasteiger partial charge in [0.1, 0.15) is 0 Å². The van der Waals surface area contributed by atoms with Gasteiger partial charge < -0.3 is 15.2 Å². The quantitative estimate of drug-likeness (QED) is 0.770. The summed E-state index contributed by atoms with van der Waals surface area (Å²) < 4.78 is 1.41. The molecule has 1 atom stereocenters. The molecule has 0 aliphatic carbocycles. The van der Waals surface area contributed by atoms with Crippen LogP contribution in [0.5, 0.6) is 0 Å². The molecule has 2 amide bonds. The second kappa shape index (κ2) is 7.44. The lowest BCUT2D eigenvalue weighted by molar-refractivity contribution is 0.250. The van der Waals surface area contributed by atoms with Crippen LogP contribution in [0.25, 0.3) is 0 Å². The average molecular weight is 334 g/mol. The highest BCUT2D eigenvalue weighted by Gasteiger charge is 2.17. The summed E-state index contributed by atoms with van der Waals surface area (Å²) in [5.74, 6) is 0. The Kier molecular flexibility index (Phi) is 4.89. The Morgan fingerprint density at radius 1 is 1.04 bits per heavy atom. The van der Waals surface area contributed by atoms with E-state index in [0.29, 0.717) is 5.69 Å². The normalized spacial score (nSPS) is 11.6. The van der Waals surface area contributed by atoms with Crippen LogP contribution in [0.1, 0.15) is 17.3 Å². The van der Waals surface area contributed by atoms with Gasteiger partial charge in [-0.25, -0.2) is 4.79 Å². The van der Waals surface area contributed by atoms with E-state index in [2.05, 4.69) is 15.6 Å². The molecule has 6 nitrogen and oxygen atoms in total. The third-order valence-electron chi connectivity index (χ3n) is 3.74. The molecule has 3 rings (SSSR count). The fraction of sp³-hybridized carbons (Fsp3) is 0.105. The van der Waals surface area contributed by atoms with Crippen molar-refractivity contribution in [1.82, 2.24) is 14.9 Å². The van der Waals surface area contributed by atoms with Crippen molar-refractivity contribution in [2.24, 2.45) is 7.05 Å². The molecule has 0 fully saturated rings. The number of hydrogen-bond acceptors (Lipinski definition) is 3. The lowest BCUT2D eigenvalue weighted by Gasteiger charge is -2.19. The Morgan fingerprint density at radius 2 is 1.80 bits per heavy atom. The van der Waals surface area contributed by atoms with E-state index in [1.165, 1.54) is 10.6 Å². The first-order chi connectivity index (χ1) is 12.1. The van der Waals surface area contributed by atoms with Gasteiger partial charge >= 0.3 is 6.03 Å². The Bertz CT molecular complexity index is 868. The van der Waals surface area contributed by atoms with Crippen LogP contribution in [0.3, 0.4) is 0 Å². The van der Waals surface area contributed by atoms with E-state index in [4.69, 9.17) is 0 Å². The maximum absolute atomic E-state index is 12.4. The van der Waals surface area contributed by atoms with Gasteiger partial charge in [-0.1, -0.05) is 36.4 Å². The summed E-state index contributed by atoms with van der Waals surface area (Å²) in [6.45, 7) is 0. The van der Waals surface area contributed by atoms with E-state index in [-0.39, 0.29) is 17.6 Å². The predicted molar refractivity (Wildman–Crippen MR) is 96.4 cm³/mol. The van der Waals surface area contributed by atoms with Crippen LogP contribution in [0.2, 0.25) is 0 Å². The molecule has 3 aromatic rings. The predicted octanol–water partition coefficient (Wildman–Crippen LogP) is 2.69. The van der Waals surface area contributed by atoms with Crippen molar-refractivity contribution in [1.29, 1.82) is 0 Å². The van der Waals surface area contributed by atoms with Gasteiger partial charge in [-0.3, -0.25) is 9.78 Å². The number of anilines is 1. The van der Waals surface area contributed by atoms with Crippen LogP contribution in [-0.2, 0) is 7.05 Å². The molecule has 2 aromatic heterocycles. The van der Waals surface area contributed by atoms with E-state index in [1.807, 2.05) is 48.5 Å². The Hall–Kier alpha value is -3.41. The topological polar surface area (TPSA) is 76.0 Å². The zero-order valence-electron chi connectivity index (χ0n) is 13.7. The second-order valence-corrected chi connectivity index (χ2v) is 5.56. The molecule has 0 saturated heterocycles. The number of carbonyl (C=O) groups is 1. The zero-order chi connectivity index (χ0) is 17.6. The third kappa shape index (κ3) is 4.11. The molecule has 6 heteroatoms. The number of pyridine rings is 2. The summed E-state index contributed by atoms with van der Waals surface area (Å²) in [4.78, 5) is 28.2. The molecule has 0 saturated carbocycles. The average Bonchev–Trinajstić information content (AvgIpc) is 2.64. The van der Waals surface area contributed by atoms with Crippen LogP contribution in [0, 0.1) is 0 Å². The molecule has 2 heterocycles. The van der Waals surface area contributed by atoms with Crippen LogP contribution in [0.15, 0.2) is 77.9 Å². The van der Waals surface area contributed by atoms with E-state index in [9.17, 15) is 9.59 Å². The van der Waals surface area contributed by atoms with E-state index in [1.54, 1.807) is 25.5 Å². The molecule has 2 N–H and O–H groups in total. The number of nitrogens with zero attached hydrogens (tertiary/aromatic N) is 2. The molecule has 0 unspecified atom stereocenters. The lowest BCUT2D eigenvalue weighted by atomic mass is 10.0. The lowest BCUT2D eigenvalue weighted by Crippen LogP contribution is -2.34. The van der Waals surface area contributed by atoms with Crippen molar-refractivity contribution < 1.29 is 4.79 Å². The van der Waals surface area contributed by atoms with Crippen molar-refractivity contribution in [2.45, 2.75) is 6.04 Å². The Labute approximate surface area is 145 Å². The zero-order valence-corrected chi connectivity index (χ0v) is 13.7. The van der Waals surface area contributed by atoms with E-state index < -0.39 is 0 Å². The number of benzene rings is 1. The number of hydrogen-bond donors (Lipinski definition) is 2. The minimum Gasteiger partial charge on any atom is -0.325 e. The summed E-state index contributed by atoms with van der Waals surface area (Å²) in [5.41, 5.74) is 2.06.